The molecule has 1 saturated heterocycles. The number of thiophene rings is 1. The summed E-state index contributed by atoms with van der Waals surface area (Å²) in [4.78, 5) is 1.49. The number of aryl methyl sites for hydroxylation is 1. The zero-order valence-electron chi connectivity index (χ0n) is 7.50. The Hall–Kier alpha value is -0.860. The van der Waals surface area contributed by atoms with Gasteiger partial charge in [-0.15, -0.1) is 11.3 Å². The van der Waals surface area contributed by atoms with Crippen molar-refractivity contribution in [3.63, 3.8) is 0 Å². The van der Waals surface area contributed by atoms with Crippen molar-refractivity contribution >= 4 is 21.4 Å². The van der Waals surface area contributed by atoms with Gasteiger partial charge in [-0.2, -0.15) is 0 Å². The Morgan fingerprint density at radius 1 is 1.38 bits per heavy atom. The summed E-state index contributed by atoms with van der Waals surface area (Å²) in [5, 5.41) is 4.73. The van der Waals surface area contributed by atoms with E-state index in [4.69, 9.17) is 0 Å². The number of benzene rings is 1. The fraction of sp³-hybridized carbons (Fsp3) is 0.273. The van der Waals surface area contributed by atoms with Crippen molar-refractivity contribution in [2.75, 3.05) is 6.54 Å². The van der Waals surface area contributed by atoms with Crippen molar-refractivity contribution in [3.05, 3.63) is 34.7 Å². The average molecular weight is 189 g/mol. The third-order valence-electron chi connectivity index (χ3n) is 2.44. The largest absolute Gasteiger partial charge is 0.306 e. The molecule has 13 heavy (non-hydrogen) atoms. The van der Waals surface area contributed by atoms with E-state index in [1.807, 2.05) is 11.3 Å². The summed E-state index contributed by atoms with van der Waals surface area (Å²) in [6.07, 6.45) is 0. The second-order valence-electron chi connectivity index (χ2n) is 3.65. The van der Waals surface area contributed by atoms with Gasteiger partial charge in [-0.05, 0) is 24.4 Å². The molecule has 1 aliphatic heterocycles. The van der Waals surface area contributed by atoms with Gasteiger partial charge in [0.05, 0.1) is 6.04 Å². The highest BCUT2D eigenvalue weighted by atomic mass is 32.1. The second-order valence-corrected chi connectivity index (χ2v) is 4.77. The molecule has 1 aliphatic rings. The summed E-state index contributed by atoms with van der Waals surface area (Å²) in [5.41, 5.74) is 1.35. The molecular formula is C11H11NS. The van der Waals surface area contributed by atoms with Crippen LogP contribution in [0.3, 0.4) is 0 Å². The van der Waals surface area contributed by atoms with Crippen LogP contribution in [-0.4, -0.2) is 6.54 Å². The van der Waals surface area contributed by atoms with Gasteiger partial charge >= 0.3 is 0 Å². The fourth-order valence-electron chi connectivity index (χ4n) is 1.62. The Labute approximate surface area is 81.4 Å². The van der Waals surface area contributed by atoms with Crippen molar-refractivity contribution in [1.29, 1.82) is 0 Å². The molecule has 0 bridgehead atoms. The van der Waals surface area contributed by atoms with E-state index in [-0.39, 0.29) is 0 Å². The van der Waals surface area contributed by atoms with Gasteiger partial charge < -0.3 is 5.32 Å². The normalized spacial score (nSPS) is 20.8. The third-order valence-corrected chi connectivity index (χ3v) is 3.67. The van der Waals surface area contributed by atoms with Gasteiger partial charge in [-0.3, -0.25) is 0 Å². The number of hydrogen-bond acceptors (Lipinski definition) is 2. The van der Waals surface area contributed by atoms with Gasteiger partial charge in [-0.25, -0.2) is 0 Å². The highest BCUT2D eigenvalue weighted by molar-refractivity contribution is 7.19. The first-order valence-corrected chi connectivity index (χ1v) is 5.38. The zero-order chi connectivity index (χ0) is 8.84. The average Bonchev–Trinajstić information content (AvgIpc) is 2.87. The summed E-state index contributed by atoms with van der Waals surface area (Å²) >= 11 is 1.91. The smallest absolute Gasteiger partial charge is 0.0542 e. The predicted octanol–water partition coefficient (Wildman–Crippen LogP) is 2.85. The molecule has 1 N–H and O–H groups in total. The quantitative estimate of drug-likeness (QED) is 0.684. The zero-order valence-corrected chi connectivity index (χ0v) is 8.32. The van der Waals surface area contributed by atoms with E-state index < -0.39 is 0 Å². The Kier molecular flexibility index (Phi) is 1.49. The lowest BCUT2D eigenvalue weighted by Gasteiger charge is -1.89. The molecule has 1 atom stereocenters. The lowest BCUT2D eigenvalue weighted by atomic mass is 10.2. The molecule has 0 spiro atoms. The summed E-state index contributed by atoms with van der Waals surface area (Å²) in [7, 11) is 0. The van der Waals surface area contributed by atoms with E-state index in [0.29, 0.717) is 6.04 Å². The van der Waals surface area contributed by atoms with Gasteiger partial charge in [0.25, 0.3) is 0 Å². The molecule has 0 saturated carbocycles. The minimum atomic E-state index is 0.651. The monoisotopic (exact) mass is 189 g/mol. The maximum Gasteiger partial charge on any atom is 0.0542 e. The number of nitrogens with one attached hydrogen (secondary N) is 1. The van der Waals surface area contributed by atoms with Crippen molar-refractivity contribution in [3.8, 4) is 0 Å². The first-order chi connectivity index (χ1) is 6.33. The Morgan fingerprint density at radius 2 is 2.23 bits per heavy atom. The Balaban J connectivity index is 2.20. The van der Waals surface area contributed by atoms with Crippen molar-refractivity contribution in [2.24, 2.45) is 0 Å². The van der Waals surface area contributed by atoms with Gasteiger partial charge in [0, 0.05) is 16.1 Å². The lowest BCUT2D eigenvalue weighted by molar-refractivity contribution is 1.12. The Bertz CT molecular complexity index is 454. The summed E-state index contributed by atoms with van der Waals surface area (Å²) in [5.74, 6) is 0. The highest BCUT2D eigenvalue weighted by Gasteiger charge is 2.23. The van der Waals surface area contributed by atoms with Gasteiger partial charge in [0.15, 0.2) is 0 Å². The topological polar surface area (TPSA) is 21.9 Å². The molecule has 0 amide bonds. The van der Waals surface area contributed by atoms with Crippen LogP contribution in [0, 0.1) is 6.92 Å². The Morgan fingerprint density at radius 3 is 3.00 bits per heavy atom. The van der Waals surface area contributed by atoms with Crippen LogP contribution in [0.2, 0.25) is 0 Å². The summed E-state index contributed by atoms with van der Waals surface area (Å²) in [6.45, 7) is 3.30. The highest BCUT2D eigenvalue weighted by Crippen LogP contribution is 2.33. The van der Waals surface area contributed by atoms with Crippen LogP contribution in [0.1, 0.15) is 16.5 Å². The standard InChI is InChI=1S/C11H11NS/c1-7-2-3-10-8(4-7)5-11(13-10)9-6-12-9/h2-5,9,12H,6H2,1H3/t9-/m1/s1. The van der Waals surface area contributed by atoms with Crippen molar-refractivity contribution in [2.45, 2.75) is 13.0 Å². The molecule has 0 unspecified atom stereocenters. The number of hydrogen-bond donors (Lipinski definition) is 1. The SMILES string of the molecule is Cc1ccc2sc([C@H]3CN3)cc2c1. The molecule has 1 aromatic heterocycles. The van der Waals surface area contributed by atoms with Gasteiger partial charge in [0.2, 0.25) is 0 Å². The third kappa shape index (κ3) is 1.26. The first kappa shape index (κ1) is 7.54. The van der Waals surface area contributed by atoms with Crippen molar-refractivity contribution < 1.29 is 0 Å². The molecule has 1 fully saturated rings. The molecule has 2 heteroatoms. The molecule has 2 heterocycles. The van der Waals surface area contributed by atoms with E-state index in [0.717, 1.165) is 6.54 Å². The minimum absolute atomic E-state index is 0.651. The van der Waals surface area contributed by atoms with Crippen LogP contribution in [0.25, 0.3) is 10.1 Å². The maximum absolute atomic E-state index is 3.34. The fourth-order valence-corrected chi connectivity index (χ4v) is 2.74. The number of rotatable bonds is 1. The first-order valence-electron chi connectivity index (χ1n) is 4.56. The summed E-state index contributed by atoms with van der Waals surface area (Å²) < 4.78 is 1.41. The molecule has 0 radical (unpaired) electrons. The lowest BCUT2D eigenvalue weighted by Crippen LogP contribution is -1.74. The molecule has 0 aliphatic carbocycles. The predicted molar refractivity (Wildman–Crippen MR) is 57.3 cm³/mol. The van der Waals surface area contributed by atoms with Crippen molar-refractivity contribution in [1.82, 2.24) is 5.32 Å². The molecule has 3 rings (SSSR count). The van der Waals surface area contributed by atoms with E-state index in [2.05, 4.69) is 36.5 Å². The van der Waals surface area contributed by atoms with Crippen LogP contribution in [0.15, 0.2) is 24.3 Å². The summed E-state index contributed by atoms with van der Waals surface area (Å²) in [6, 6.07) is 9.64. The van der Waals surface area contributed by atoms with E-state index in [1.165, 1.54) is 20.5 Å². The van der Waals surface area contributed by atoms with Crippen LogP contribution >= 0.6 is 11.3 Å². The van der Waals surface area contributed by atoms with E-state index in [1.54, 1.807) is 0 Å². The van der Waals surface area contributed by atoms with E-state index >= 15 is 0 Å². The molecule has 1 aromatic carbocycles. The molecule has 2 aromatic rings. The van der Waals surface area contributed by atoms with Crippen LogP contribution in [0.4, 0.5) is 0 Å². The van der Waals surface area contributed by atoms with E-state index in [9.17, 15) is 0 Å². The van der Waals surface area contributed by atoms with Crippen LogP contribution in [0.5, 0.6) is 0 Å². The van der Waals surface area contributed by atoms with Crippen LogP contribution < -0.4 is 5.32 Å². The van der Waals surface area contributed by atoms with Crippen LogP contribution in [-0.2, 0) is 0 Å². The van der Waals surface area contributed by atoms with Gasteiger partial charge in [-0.1, -0.05) is 17.7 Å². The minimum Gasteiger partial charge on any atom is -0.306 e. The van der Waals surface area contributed by atoms with Gasteiger partial charge in [0.1, 0.15) is 0 Å². The molecule has 66 valence electrons. The maximum atomic E-state index is 3.34. The molecular weight excluding hydrogens is 178 g/mol. The molecule has 1 nitrogen and oxygen atoms in total. The number of fused-ring (bicyclic) bond motifs is 1. The second kappa shape index (κ2) is 2.56.